The van der Waals surface area contributed by atoms with E-state index in [4.69, 9.17) is 10.8 Å². The Morgan fingerprint density at radius 3 is 2.50 bits per heavy atom. The highest BCUT2D eigenvalue weighted by Gasteiger charge is 2.13. The van der Waals surface area contributed by atoms with Crippen molar-refractivity contribution in [3.8, 4) is 0 Å². The van der Waals surface area contributed by atoms with E-state index in [2.05, 4.69) is 5.32 Å². The third kappa shape index (κ3) is 3.58. The number of primary amides is 1. The number of para-hydroxylation sites is 1. The predicted molar refractivity (Wildman–Crippen MR) is 65.2 cm³/mol. The molecule has 0 aromatic heterocycles. The van der Waals surface area contributed by atoms with Gasteiger partial charge in [-0.05, 0) is 18.6 Å². The van der Waals surface area contributed by atoms with Crippen molar-refractivity contribution in [3.05, 3.63) is 29.3 Å². The first-order valence-electron chi connectivity index (χ1n) is 5.33. The van der Waals surface area contributed by atoms with Crippen molar-refractivity contribution < 1.29 is 19.5 Å². The first-order chi connectivity index (χ1) is 8.41. The number of carboxylic acid groups (broad SMARTS) is 1. The molecule has 18 heavy (non-hydrogen) atoms. The summed E-state index contributed by atoms with van der Waals surface area (Å²) in [7, 11) is 0. The fourth-order valence-corrected chi connectivity index (χ4v) is 1.46. The van der Waals surface area contributed by atoms with Gasteiger partial charge >= 0.3 is 5.97 Å². The van der Waals surface area contributed by atoms with Gasteiger partial charge in [0.2, 0.25) is 5.91 Å². The smallest absolute Gasteiger partial charge is 0.303 e. The van der Waals surface area contributed by atoms with E-state index in [0.717, 1.165) is 0 Å². The van der Waals surface area contributed by atoms with Crippen LogP contribution < -0.4 is 11.1 Å². The number of carbonyl (C=O) groups is 3. The summed E-state index contributed by atoms with van der Waals surface area (Å²) in [5.41, 5.74) is 6.43. The van der Waals surface area contributed by atoms with Gasteiger partial charge in [0.25, 0.3) is 5.91 Å². The lowest BCUT2D eigenvalue weighted by Crippen LogP contribution is -2.19. The molecule has 6 nitrogen and oxygen atoms in total. The maximum atomic E-state index is 11.5. The maximum Gasteiger partial charge on any atom is 0.303 e. The third-order valence-corrected chi connectivity index (χ3v) is 2.37. The molecule has 0 fully saturated rings. The molecule has 96 valence electrons. The number of carboxylic acids is 1. The number of benzene rings is 1. The Labute approximate surface area is 104 Å². The minimum absolute atomic E-state index is 0.151. The van der Waals surface area contributed by atoms with Gasteiger partial charge in [0, 0.05) is 6.42 Å². The second-order valence-electron chi connectivity index (χ2n) is 3.80. The van der Waals surface area contributed by atoms with Crippen molar-refractivity contribution in [1.29, 1.82) is 0 Å². The Balaban J connectivity index is 2.86. The van der Waals surface area contributed by atoms with Crippen LogP contribution in [0.15, 0.2) is 18.2 Å². The first-order valence-corrected chi connectivity index (χ1v) is 5.33. The van der Waals surface area contributed by atoms with Crippen molar-refractivity contribution >= 4 is 23.5 Å². The second-order valence-corrected chi connectivity index (χ2v) is 3.80. The van der Waals surface area contributed by atoms with Crippen LogP contribution in [0, 0.1) is 6.92 Å². The summed E-state index contributed by atoms with van der Waals surface area (Å²) in [6.07, 6.45) is -0.411. The molecule has 1 aromatic carbocycles. The molecule has 1 rings (SSSR count). The second kappa shape index (κ2) is 5.81. The summed E-state index contributed by atoms with van der Waals surface area (Å²) in [6, 6.07) is 4.88. The zero-order chi connectivity index (χ0) is 13.7. The normalized spacial score (nSPS) is 9.83. The standard InChI is InChI=1S/C12H14N2O4/c1-7-3-2-4-8(12(13)18)11(7)14-9(15)5-6-10(16)17/h2-4H,5-6H2,1H3,(H2,13,18)(H,14,15)(H,16,17). The highest BCUT2D eigenvalue weighted by molar-refractivity contribution is 6.04. The molecule has 6 heteroatoms. The topological polar surface area (TPSA) is 109 Å². The van der Waals surface area contributed by atoms with E-state index in [0.29, 0.717) is 11.3 Å². The molecular weight excluding hydrogens is 236 g/mol. The third-order valence-electron chi connectivity index (χ3n) is 2.37. The van der Waals surface area contributed by atoms with Crippen LogP contribution in [0.5, 0.6) is 0 Å². The lowest BCUT2D eigenvalue weighted by atomic mass is 10.1. The van der Waals surface area contributed by atoms with Crippen LogP contribution in [0.3, 0.4) is 0 Å². The molecule has 0 spiro atoms. The van der Waals surface area contributed by atoms with Gasteiger partial charge < -0.3 is 16.2 Å². The van der Waals surface area contributed by atoms with Crippen molar-refractivity contribution in [2.45, 2.75) is 19.8 Å². The average molecular weight is 250 g/mol. The van der Waals surface area contributed by atoms with Gasteiger partial charge in [0.15, 0.2) is 0 Å². The molecule has 4 N–H and O–H groups in total. The highest BCUT2D eigenvalue weighted by Crippen LogP contribution is 2.20. The molecule has 0 bridgehead atoms. The Hall–Kier alpha value is -2.37. The minimum Gasteiger partial charge on any atom is -0.481 e. The summed E-state index contributed by atoms with van der Waals surface area (Å²) in [4.78, 5) is 33.1. The zero-order valence-electron chi connectivity index (χ0n) is 9.90. The fourth-order valence-electron chi connectivity index (χ4n) is 1.46. The van der Waals surface area contributed by atoms with Crippen LogP contribution in [0.2, 0.25) is 0 Å². The predicted octanol–water partition coefficient (Wildman–Crippen LogP) is 0.897. The van der Waals surface area contributed by atoms with E-state index in [1.54, 1.807) is 19.1 Å². The molecule has 0 aliphatic carbocycles. The van der Waals surface area contributed by atoms with E-state index in [1.165, 1.54) is 6.07 Å². The van der Waals surface area contributed by atoms with Gasteiger partial charge in [-0.1, -0.05) is 12.1 Å². The van der Waals surface area contributed by atoms with Crippen molar-refractivity contribution in [3.63, 3.8) is 0 Å². The largest absolute Gasteiger partial charge is 0.481 e. The molecule has 0 aliphatic heterocycles. The average Bonchev–Trinajstić information content (AvgIpc) is 2.28. The number of anilines is 1. The molecule has 0 unspecified atom stereocenters. The fraction of sp³-hybridized carbons (Fsp3) is 0.250. The number of rotatable bonds is 5. The number of aryl methyl sites for hydroxylation is 1. The van der Waals surface area contributed by atoms with Gasteiger partial charge in [-0.3, -0.25) is 14.4 Å². The molecule has 1 aromatic rings. The summed E-state index contributed by atoms with van der Waals surface area (Å²) < 4.78 is 0. The Kier molecular flexibility index (Phi) is 4.42. The van der Waals surface area contributed by atoms with E-state index in [-0.39, 0.29) is 18.4 Å². The van der Waals surface area contributed by atoms with Crippen LogP contribution >= 0.6 is 0 Å². The lowest BCUT2D eigenvalue weighted by Gasteiger charge is -2.11. The maximum absolute atomic E-state index is 11.5. The summed E-state index contributed by atoms with van der Waals surface area (Å²) in [5.74, 6) is -2.16. The Morgan fingerprint density at radius 2 is 1.94 bits per heavy atom. The molecule has 2 amide bonds. The number of aliphatic carboxylic acids is 1. The van der Waals surface area contributed by atoms with Crippen molar-refractivity contribution in [2.24, 2.45) is 5.73 Å². The van der Waals surface area contributed by atoms with E-state index >= 15 is 0 Å². The van der Waals surface area contributed by atoms with E-state index in [9.17, 15) is 14.4 Å². The quantitative estimate of drug-likeness (QED) is 0.721. The highest BCUT2D eigenvalue weighted by atomic mass is 16.4. The number of hydrogen-bond acceptors (Lipinski definition) is 3. The Bertz CT molecular complexity index is 497. The summed E-state index contributed by atoms with van der Waals surface area (Å²) >= 11 is 0. The molecule has 0 atom stereocenters. The van der Waals surface area contributed by atoms with E-state index in [1.807, 2.05) is 0 Å². The van der Waals surface area contributed by atoms with Crippen LogP contribution in [0.25, 0.3) is 0 Å². The molecule has 0 saturated heterocycles. The summed E-state index contributed by atoms with van der Waals surface area (Å²) in [5, 5.41) is 11.0. The number of nitrogens with two attached hydrogens (primary N) is 1. The van der Waals surface area contributed by atoms with Gasteiger partial charge in [0.1, 0.15) is 0 Å². The number of amides is 2. The van der Waals surface area contributed by atoms with Gasteiger partial charge in [0.05, 0.1) is 17.7 Å². The lowest BCUT2D eigenvalue weighted by molar-refractivity contribution is -0.138. The summed E-state index contributed by atoms with van der Waals surface area (Å²) in [6.45, 7) is 1.72. The molecule has 0 radical (unpaired) electrons. The monoisotopic (exact) mass is 250 g/mol. The van der Waals surface area contributed by atoms with Crippen molar-refractivity contribution in [2.75, 3.05) is 5.32 Å². The molecule has 0 heterocycles. The van der Waals surface area contributed by atoms with Crippen LogP contribution in [-0.4, -0.2) is 22.9 Å². The first kappa shape index (κ1) is 13.7. The van der Waals surface area contributed by atoms with Crippen LogP contribution in [-0.2, 0) is 9.59 Å². The molecule has 0 aliphatic rings. The number of nitrogens with one attached hydrogen (secondary N) is 1. The van der Waals surface area contributed by atoms with Crippen LogP contribution in [0.1, 0.15) is 28.8 Å². The van der Waals surface area contributed by atoms with Gasteiger partial charge in [-0.25, -0.2) is 0 Å². The zero-order valence-corrected chi connectivity index (χ0v) is 9.90. The SMILES string of the molecule is Cc1cccc(C(N)=O)c1NC(=O)CCC(=O)O. The van der Waals surface area contributed by atoms with Crippen molar-refractivity contribution in [1.82, 2.24) is 0 Å². The molecular formula is C12H14N2O4. The number of carbonyl (C=O) groups excluding carboxylic acids is 2. The Morgan fingerprint density at radius 1 is 1.28 bits per heavy atom. The van der Waals surface area contributed by atoms with Crippen LogP contribution in [0.4, 0.5) is 5.69 Å². The minimum atomic E-state index is -1.05. The number of hydrogen-bond donors (Lipinski definition) is 3. The van der Waals surface area contributed by atoms with E-state index < -0.39 is 17.8 Å². The molecule has 0 saturated carbocycles. The van der Waals surface area contributed by atoms with Gasteiger partial charge in [-0.15, -0.1) is 0 Å². The van der Waals surface area contributed by atoms with Gasteiger partial charge in [-0.2, -0.15) is 0 Å².